The van der Waals surface area contributed by atoms with Gasteiger partial charge in [0, 0.05) is 24.6 Å². The topological polar surface area (TPSA) is 59.8 Å². The predicted molar refractivity (Wildman–Crippen MR) is 77.4 cm³/mol. The maximum atomic E-state index is 11.8. The Morgan fingerprint density at radius 3 is 2.55 bits per heavy atom. The number of aromatic nitrogens is 3. The number of hydrogen-bond acceptors (Lipinski definition) is 3. The molecule has 0 unspecified atom stereocenters. The van der Waals surface area contributed by atoms with Crippen LogP contribution in [0.5, 0.6) is 0 Å². The summed E-state index contributed by atoms with van der Waals surface area (Å²) < 4.78 is 1.94. The summed E-state index contributed by atoms with van der Waals surface area (Å²) in [5, 5.41) is 7.36. The van der Waals surface area contributed by atoms with Crippen molar-refractivity contribution in [3.63, 3.8) is 0 Å². The molecule has 0 bridgehead atoms. The average Bonchev–Trinajstić information content (AvgIpc) is 2.67. The van der Waals surface area contributed by atoms with Crippen LogP contribution in [0.3, 0.4) is 0 Å². The molecule has 20 heavy (non-hydrogen) atoms. The van der Waals surface area contributed by atoms with Crippen LogP contribution >= 0.6 is 0 Å². The monoisotopic (exact) mass is 272 g/mol. The van der Waals surface area contributed by atoms with E-state index in [9.17, 15) is 4.79 Å². The molecule has 0 aliphatic heterocycles. The summed E-state index contributed by atoms with van der Waals surface area (Å²) in [7, 11) is 0. The molecular formula is C15H20N4O. The highest BCUT2D eigenvalue weighted by Crippen LogP contribution is 2.10. The number of rotatable bonds is 5. The van der Waals surface area contributed by atoms with Gasteiger partial charge in [0.25, 0.3) is 0 Å². The van der Waals surface area contributed by atoms with Gasteiger partial charge in [-0.05, 0) is 44.0 Å². The Bertz CT molecular complexity index is 589. The third kappa shape index (κ3) is 3.44. The van der Waals surface area contributed by atoms with Crippen molar-refractivity contribution in [2.75, 3.05) is 6.54 Å². The van der Waals surface area contributed by atoms with Crippen molar-refractivity contribution in [2.45, 2.75) is 33.7 Å². The molecule has 0 atom stereocenters. The zero-order valence-electron chi connectivity index (χ0n) is 12.2. The maximum Gasteiger partial charge on any atom is 0.224 e. The molecule has 106 valence electrons. The first kappa shape index (κ1) is 14.2. The SMILES string of the molecule is Cc1nn(CCNC(=O)Cc2ccncc2)c(C)c1C. The second-order valence-corrected chi connectivity index (χ2v) is 4.90. The van der Waals surface area contributed by atoms with Gasteiger partial charge in [0.2, 0.25) is 5.91 Å². The van der Waals surface area contributed by atoms with Crippen LogP contribution < -0.4 is 5.32 Å². The van der Waals surface area contributed by atoms with Crippen molar-refractivity contribution in [3.05, 3.63) is 47.0 Å². The highest BCUT2D eigenvalue weighted by Gasteiger charge is 2.07. The molecule has 0 aliphatic rings. The van der Waals surface area contributed by atoms with Gasteiger partial charge in [0.15, 0.2) is 0 Å². The zero-order valence-corrected chi connectivity index (χ0v) is 12.2. The van der Waals surface area contributed by atoms with Crippen LogP contribution in [0.4, 0.5) is 0 Å². The number of aryl methyl sites for hydroxylation is 1. The van der Waals surface area contributed by atoms with Crippen LogP contribution in [-0.2, 0) is 17.8 Å². The van der Waals surface area contributed by atoms with E-state index in [1.165, 1.54) is 5.56 Å². The van der Waals surface area contributed by atoms with Crippen molar-refractivity contribution >= 4 is 5.91 Å². The Morgan fingerprint density at radius 1 is 1.25 bits per heavy atom. The Kier molecular flexibility index (Phi) is 4.50. The van der Waals surface area contributed by atoms with Crippen LogP contribution in [0.15, 0.2) is 24.5 Å². The van der Waals surface area contributed by atoms with Crippen molar-refractivity contribution in [1.82, 2.24) is 20.1 Å². The summed E-state index contributed by atoms with van der Waals surface area (Å²) in [6, 6.07) is 3.70. The summed E-state index contributed by atoms with van der Waals surface area (Å²) >= 11 is 0. The van der Waals surface area contributed by atoms with Gasteiger partial charge in [-0.3, -0.25) is 14.5 Å². The van der Waals surface area contributed by atoms with Crippen molar-refractivity contribution in [3.8, 4) is 0 Å². The van der Waals surface area contributed by atoms with Crippen molar-refractivity contribution < 1.29 is 4.79 Å². The highest BCUT2D eigenvalue weighted by atomic mass is 16.1. The summed E-state index contributed by atoms with van der Waals surface area (Å²) in [4.78, 5) is 15.7. The first-order valence-electron chi connectivity index (χ1n) is 6.74. The van der Waals surface area contributed by atoms with E-state index in [4.69, 9.17) is 0 Å². The molecule has 0 fully saturated rings. The number of pyridine rings is 1. The number of hydrogen-bond donors (Lipinski definition) is 1. The lowest BCUT2D eigenvalue weighted by atomic mass is 10.2. The molecule has 0 spiro atoms. The van der Waals surface area contributed by atoms with E-state index in [1.807, 2.05) is 30.7 Å². The standard InChI is InChI=1S/C15H20N4O/c1-11-12(2)18-19(13(11)3)9-8-17-15(20)10-14-4-6-16-7-5-14/h4-7H,8-10H2,1-3H3,(H,17,20). The van der Waals surface area contributed by atoms with Crippen LogP contribution in [0, 0.1) is 20.8 Å². The molecule has 0 radical (unpaired) electrons. The third-order valence-electron chi connectivity index (χ3n) is 3.50. The Labute approximate surface area is 119 Å². The molecule has 0 saturated heterocycles. The number of carbonyl (C=O) groups is 1. The van der Waals surface area contributed by atoms with Gasteiger partial charge in [0.05, 0.1) is 18.7 Å². The van der Waals surface area contributed by atoms with Gasteiger partial charge >= 0.3 is 0 Å². The fraction of sp³-hybridized carbons (Fsp3) is 0.400. The molecule has 5 heteroatoms. The van der Waals surface area contributed by atoms with E-state index < -0.39 is 0 Å². The lowest BCUT2D eigenvalue weighted by Crippen LogP contribution is -2.29. The van der Waals surface area contributed by atoms with Gasteiger partial charge in [-0.1, -0.05) is 0 Å². The van der Waals surface area contributed by atoms with Crippen molar-refractivity contribution in [2.24, 2.45) is 0 Å². The largest absolute Gasteiger partial charge is 0.354 e. The lowest BCUT2D eigenvalue weighted by molar-refractivity contribution is -0.120. The third-order valence-corrected chi connectivity index (χ3v) is 3.50. The zero-order chi connectivity index (χ0) is 14.5. The lowest BCUT2D eigenvalue weighted by Gasteiger charge is -2.07. The molecule has 5 nitrogen and oxygen atoms in total. The van der Waals surface area contributed by atoms with E-state index in [-0.39, 0.29) is 5.91 Å². The van der Waals surface area contributed by atoms with E-state index in [1.54, 1.807) is 12.4 Å². The van der Waals surface area contributed by atoms with E-state index in [0.717, 1.165) is 17.0 Å². The van der Waals surface area contributed by atoms with Gasteiger partial charge in [-0.2, -0.15) is 5.10 Å². The van der Waals surface area contributed by atoms with Gasteiger partial charge < -0.3 is 5.32 Å². The summed E-state index contributed by atoms with van der Waals surface area (Å²) in [5.41, 5.74) is 4.39. The Hall–Kier alpha value is -2.17. The van der Waals surface area contributed by atoms with Crippen molar-refractivity contribution in [1.29, 1.82) is 0 Å². The minimum atomic E-state index is 0.0226. The molecule has 1 N–H and O–H groups in total. The fourth-order valence-corrected chi connectivity index (χ4v) is 2.05. The smallest absolute Gasteiger partial charge is 0.224 e. The van der Waals surface area contributed by atoms with Crippen LogP contribution in [0.1, 0.15) is 22.5 Å². The average molecular weight is 272 g/mol. The summed E-state index contributed by atoms with van der Waals surface area (Å²) in [6.45, 7) is 7.40. The number of nitrogens with zero attached hydrogens (tertiary/aromatic N) is 3. The molecular weight excluding hydrogens is 252 g/mol. The first-order chi connectivity index (χ1) is 9.58. The maximum absolute atomic E-state index is 11.8. The molecule has 1 amide bonds. The van der Waals surface area contributed by atoms with E-state index in [0.29, 0.717) is 19.5 Å². The molecule has 2 heterocycles. The number of nitrogens with one attached hydrogen (secondary N) is 1. The molecule has 2 aromatic rings. The fourth-order valence-electron chi connectivity index (χ4n) is 2.05. The van der Waals surface area contributed by atoms with Gasteiger partial charge in [-0.15, -0.1) is 0 Å². The minimum absolute atomic E-state index is 0.0226. The quantitative estimate of drug-likeness (QED) is 0.898. The first-order valence-corrected chi connectivity index (χ1v) is 6.74. The molecule has 0 aliphatic carbocycles. The number of amides is 1. The molecule has 2 aromatic heterocycles. The molecule has 2 rings (SSSR count). The normalized spacial score (nSPS) is 10.6. The molecule has 0 saturated carbocycles. The summed E-state index contributed by atoms with van der Waals surface area (Å²) in [5.74, 6) is 0.0226. The highest BCUT2D eigenvalue weighted by molar-refractivity contribution is 5.78. The second kappa shape index (κ2) is 6.32. The van der Waals surface area contributed by atoms with Gasteiger partial charge in [-0.25, -0.2) is 0 Å². The molecule has 0 aromatic carbocycles. The second-order valence-electron chi connectivity index (χ2n) is 4.90. The van der Waals surface area contributed by atoms with E-state index in [2.05, 4.69) is 22.3 Å². The van der Waals surface area contributed by atoms with Crippen LogP contribution in [-0.4, -0.2) is 27.2 Å². The van der Waals surface area contributed by atoms with Crippen LogP contribution in [0.2, 0.25) is 0 Å². The minimum Gasteiger partial charge on any atom is -0.354 e. The predicted octanol–water partition coefficient (Wildman–Crippen LogP) is 1.56. The van der Waals surface area contributed by atoms with Gasteiger partial charge in [0.1, 0.15) is 0 Å². The Balaban J connectivity index is 1.81. The van der Waals surface area contributed by atoms with E-state index >= 15 is 0 Å². The Morgan fingerprint density at radius 2 is 1.95 bits per heavy atom. The number of carbonyl (C=O) groups excluding carboxylic acids is 1. The summed E-state index contributed by atoms with van der Waals surface area (Å²) in [6.07, 6.45) is 3.78. The van der Waals surface area contributed by atoms with Crippen LogP contribution in [0.25, 0.3) is 0 Å².